The van der Waals surface area contributed by atoms with E-state index >= 15 is 0 Å². The second kappa shape index (κ2) is 13.5. The molecule has 1 heterocycles. The normalized spacial score (nSPS) is 10.9. The van der Waals surface area contributed by atoms with E-state index in [2.05, 4.69) is 16.7 Å². The van der Waals surface area contributed by atoms with Crippen LogP contribution in [0.5, 0.6) is 11.5 Å². The Kier molecular flexibility index (Phi) is 10.1. The second-order valence-corrected chi connectivity index (χ2v) is 9.05. The molecule has 2 amide bonds. The summed E-state index contributed by atoms with van der Waals surface area (Å²) in [6.45, 7) is 5.64. The molecule has 2 aromatic carbocycles. The number of carbonyl (C=O) groups excluding carboxylic acids is 2. The number of nitrogens with zero attached hydrogens (tertiary/aromatic N) is 3. The lowest BCUT2D eigenvalue weighted by atomic mass is 10.1. The van der Waals surface area contributed by atoms with Crippen LogP contribution < -0.4 is 9.47 Å². The van der Waals surface area contributed by atoms with E-state index < -0.39 is 0 Å². The first kappa shape index (κ1) is 27.8. The lowest BCUT2D eigenvalue weighted by molar-refractivity contribution is -0.134. The van der Waals surface area contributed by atoms with Crippen molar-refractivity contribution in [3.63, 3.8) is 0 Å². The molecular weight excluding hydrogens is 470 g/mol. The van der Waals surface area contributed by atoms with Crippen molar-refractivity contribution in [2.75, 3.05) is 41.0 Å². The highest BCUT2D eigenvalue weighted by Gasteiger charge is 2.25. The number of carbonyl (C=O) groups is 2. The summed E-state index contributed by atoms with van der Waals surface area (Å²) in [5, 5.41) is 0. The molecule has 0 fully saturated rings. The van der Waals surface area contributed by atoms with E-state index in [0.29, 0.717) is 30.2 Å². The summed E-state index contributed by atoms with van der Waals surface area (Å²) in [7, 11) is 4.63. The maximum absolute atomic E-state index is 13.6. The fraction of sp³-hybridized carbons (Fsp3) is 0.379. The Morgan fingerprint density at radius 2 is 1.59 bits per heavy atom. The smallest absolute Gasteiger partial charge is 0.254 e. The number of amides is 2. The Morgan fingerprint density at radius 3 is 2.19 bits per heavy atom. The summed E-state index contributed by atoms with van der Waals surface area (Å²) in [6, 6.07) is 19.2. The molecule has 0 aliphatic rings. The summed E-state index contributed by atoms with van der Waals surface area (Å²) in [5.74, 6) is 0.577. The summed E-state index contributed by atoms with van der Waals surface area (Å²) >= 11 is 0. The van der Waals surface area contributed by atoms with Crippen LogP contribution in [0.25, 0.3) is 0 Å². The van der Waals surface area contributed by atoms with Gasteiger partial charge in [0, 0.05) is 49.8 Å². The largest absolute Gasteiger partial charge is 0.497 e. The molecule has 0 unspecified atom stereocenters. The number of rotatable bonds is 13. The van der Waals surface area contributed by atoms with Crippen LogP contribution in [-0.4, -0.2) is 73.2 Å². The summed E-state index contributed by atoms with van der Waals surface area (Å²) in [6.07, 6.45) is 2.02. The summed E-state index contributed by atoms with van der Waals surface area (Å²) in [5.41, 5.74) is 2.60. The predicted molar refractivity (Wildman–Crippen MR) is 143 cm³/mol. The van der Waals surface area contributed by atoms with Gasteiger partial charge in [0.2, 0.25) is 5.91 Å². The Hall–Kier alpha value is -3.78. The first-order valence-electron chi connectivity index (χ1n) is 12.3. The third-order valence-electron chi connectivity index (χ3n) is 6.17. The monoisotopic (exact) mass is 507 g/mol. The molecule has 0 saturated carbocycles. The standard InChI is InChI=1S/C29H37N3O5/c1-22(2)32(20-25-12-9-13-30(25)19-23-10-7-6-8-11-23)28(33)21-31(14-15-35-3)29(34)24-16-26(36-4)18-27(17-24)37-5/h6-13,16-18,22H,14-15,19-21H2,1-5H3. The molecule has 0 spiro atoms. The van der Waals surface area contributed by atoms with E-state index in [-0.39, 0.29) is 30.9 Å². The molecule has 3 rings (SSSR count). The lowest BCUT2D eigenvalue weighted by Gasteiger charge is -2.31. The van der Waals surface area contributed by atoms with Gasteiger partial charge in [-0.25, -0.2) is 0 Å². The van der Waals surface area contributed by atoms with E-state index in [9.17, 15) is 9.59 Å². The van der Waals surface area contributed by atoms with Gasteiger partial charge in [0.15, 0.2) is 0 Å². The first-order valence-corrected chi connectivity index (χ1v) is 12.3. The summed E-state index contributed by atoms with van der Waals surface area (Å²) in [4.78, 5) is 30.4. The maximum atomic E-state index is 13.6. The van der Waals surface area contributed by atoms with Gasteiger partial charge in [0.05, 0.1) is 27.4 Å². The highest BCUT2D eigenvalue weighted by molar-refractivity contribution is 5.97. The number of methoxy groups -OCH3 is 3. The summed E-state index contributed by atoms with van der Waals surface area (Å²) < 4.78 is 18.0. The number of ether oxygens (including phenoxy) is 3. The zero-order chi connectivity index (χ0) is 26.8. The molecule has 0 saturated heterocycles. The van der Waals surface area contributed by atoms with Crippen LogP contribution >= 0.6 is 0 Å². The van der Waals surface area contributed by atoms with Crippen LogP contribution in [0.2, 0.25) is 0 Å². The molecule has 0 aliphatic heterocycles. The van der Waals surface area contributed by atoms with Gasteiger partial charge in [0.1, 0.15) is 18.0 Å². The fourth-order valence-electron chi connectivity index (χ4n) is 4.08. The molecule has 8 heteroatoms. The van der Waals surface area contributed by atoms with Crippen molar-refractivity contribution in [3.8, 4) is 11.5 Å². The van der Waals surface area contributed by atoms with Crippen LogP contribution in [0.4, 0.5) is 0 Å². The van der Waals surface area contributed by atoms with E-state index in [1.807, 2.05) is 50.4 Å². The highest BCUT2D eigenvalue weighted by atomic mass is 16.5. The Balaban J connectivity index is 1.79. The SMILES string of the molecule is COCCN(CC(=O)N(Cc1cccn1Cc1ccccc1)C(C)C)C(=O)c1cc(OC)cc(OC)c1. The molecule has 0 atom stereocenters. The quantitative estimate of drug-likeness (QED) is 0.349. The number of aromatic nitrogens is 1. The predicted octanol–water partition coefficient (Wildman–Crippen LogP) is 4.08. The fourth-order valence-corrected chi connectivity index (χ4v) is 4.08. The Bertz CT molecular complexity index is 1140. The van der Waals surface area contributed by atoms with Crippen molar-refractivity contribution in [2.24, 2.45) is 0 Å². The Labute approximate surface area is 219 Å². The lowest BCUT2D eigenvalue weighted by Crippen LogP contribution is -2.46. The van der Waals surface area contributed by atoms with Crippen LogP contribution in [0.1, 0.15) is 35.5 Å². The van der Waals surface area contributed by atoms with Gasteiger partial charge in [-0.3, -0.25) is 9.59 Å². The molecule has 37 heavy (non-hydrogen) atoms. The third kappa shape index (κ3) is 7.60. The minimum atomic E-state index is -0.293. The van der Waals surface area contributed by atoms with Gasteiger partial charge in [-0.2, -0.15) is 0 Å². The van der Waals surface area contributed by atoms with E-state index in [4.69, 9.17) is 14.2 Å². The molecule has 0 aliphatic carbocycles. The average Bonchev–Trinajstić information content (AvgIpc) is 3.35. The molecule has 0 bridgehead atoms. The van der Waals surface area contributed by atoms with Gasteiger partial charge < -0.3 is 28.6 Å². The minimum Gasteiger partial charge on any atom is -0.497 e. The molecule has 0 N–H and O–H groups in total. The third-order valence-corrected chi connectivity index (χ3v) is 6.17. The zero-order valence-corrected chi connectivity index (χ0v) is 22.3. The van der Waals surface area contributed by atoms with Crippen LogP contribution in [-0.2, 0) is 22.6 Å². The van der Waals surface area contributed by atoms with Crippen molar-refractivity contribution < 1.29 is 23.8 Å². The molecule has 0 radical (unpaired) electrons. The van der Waals surface area contributed by atoms with E-state index in [1.165, 1.54) is 24.7 Å². The molecule has 1 aromatic heterocycles. The second-order valence-electron chi connectivity index (χ2n) is 9.05. The van der Waals surface area contributed by atoms with Crippen molar-refractivity contribution in [2.45, 2.75) is 33.0 Å². The molecular formula is C29H37N3O5. The van der Waals surface area contributed by atoms with Crippen molar-refractivity contribution in [1.29, 1.82) is 0 Å². The van der Waals surface area contributed by atoms with Gasteiger partial charge in [0.25, 0.3) is 5.91 Å². The molecule has 198 valence electrons. The van der Waals surface area contributed by atoms with E-state index in [0.717, 1.165) is 12.2 Å². The number of benzene rings is 2. The average molecular weight is 508 g/mol. The van der Waals surface area contributed by atoms with Crippen molar-refractivity contribution >= 4 is 11.8 Å². The number of hydrogen-bond acceptors (Lipinski definition) is 5. The van der Waals surface area contributed by atoms with E-state index in [1.54, 1.807) is 30.2 Å². The highest BCUT2D eigenvalue weighted by Crippen LogP contribution is 2.24. The number of hydrogen-bond donors (Lipinski definition) is 0. The maximum Gasteiger partial charge on any atom is 0.254 e. The zero-order valence-electron chi connectivity index (χ0n) is 22.3. The topological polar surface area (TPSA) is 73.2 Å². The van der Waals surface area contributed by atoms with Crippen molar-refractivity contribution in [3.05, 3.63) is 83.7 Å². The molecule has 8 nitrogen and oxygen atoms in total. The first-order chi connectivity index (χ1) is 17.9. The molecule has 3 aromatic rings. The van der Waals surface area contributed by atoms with Crippen LogP contribution in [0.3, 0.4) is 0 Å². The van der Waals surface area contributed by atoms with Crippen LogP contribution in [0, 0.1) is 0 Å². The van der Waals surface area contributed by atoms with Gasteiger partial charge >= 0.3 is 0 Å². The van der Waals surface area contributed by atoms with Gasteiger partial charge in [-0.05, 0) is 43.7 Å². The van der Waals surface area contributed by atoms with Gasteiger partial charge in [-0.15, -0.1) is 0 Å². The van der Waals surface area contributed by atoms with Crippen LogP contribution in [0.15, 0.2) is 66.9 Å². The minimum absolute atomic E-state index is 0.0520. The van der Waals surface area contributed by atoms with Crippen molar-refractivity contribution in [1.82, 2.24) is 14.4 Å². The van der Waals surface area contributed by atoms with Gasteiger partial charge in [-0.1, -0.05) is 30.3 Å². The Morgan fingerprint density at radius 1 is 0.919 bits per heavy atom.